The molecule has 24 heavy (non-hydrogen) atoms. The molecule has 1 N–H and O–H groups in total. The molecular weight excluding hydrogens is 309 g/mol. The number of fused-ring (bicyclic) bond motifs is 1. The maximum Gasteiger partial charge on any atom is 0.220 e. The predicted molar refractivity (Wildman–Crippen MR) is 88.6 cm³/mol. The van der Waals surface area contributed by atoms with Crippen LogP contribution in [0, 0.1) is 5.82 Å². The number of ether oxygens (including phenoxy) is 2. The van der Waals surface area contributed by atoms with Gasteiger partial charge >= 0.3 is 0 Å². The van der Waals surface area contributed by atoms with Gasteiger partial charge in [-0.1, -0.05) is 18.2 Å². The summed E-state index contributed by atoms with van der Waals surface area (Å²) in [5.74, 6) is 1.05. The predicted octanol–water partition coefficient (Wildman–Crippen LogP) is 3.62. The Morgan fingerprint density at radius 1 is 1.25 bits per heavy atom. The molecule has 1 amide bonds. The first-order valence-electron chi connectivity index (χ1n) is 8.12. The van der Waals surface area contributed by atoms with E-state index < -0.39 is 0 Å². The van der Waals surface area contributed by atoms with Crippen LogP contribution >= 0.6 is 0 Å². The van der Waals surface area contributed by atoms with Gasteiger partial charge in [-0.05, 0) is 36.8 Å². The van der Waals surface area contributed by atoms with Gasteiger partial charge < -0.3 is 14.8 Å². The first-order chi connectivity index (χ1) is 11.7. The van der Waals surface area contributed by atoms with Crippen molar-refractivity contribution >= 4 is 5.91 Å². The largest absolute Gasteiger partial charge is 0.494 e. The minimum Gasteiger partial charge on any atom is -0.494 e. The molecule has 1 heterocycles. The quantitative estimate of drug-likeness (QED) is 0.823. The van der Waals surface area contributed by atoms with Gasteiger partial charge in [0.05, 0.1) is 19.3 Å². The molecule has 4 nitrogen and oxygen atoms in total. The first kappa shape index (κ1) is 16.3. The topological polar surface area (TPSA) is 47.6 Å². The van der Waals surface area contributed by atoms with Crippen molar-refractivity contribution in [3.63, 3.8) is 0 Å². The average molecular weight is 329 g/mol. The second kappa shape index (κ2) is 7.81. The zero-order valence-corrected chi connectivity index (χ0v) is 13.3. The van der Waals surface area contributed by atoms with E-state index in [1.54, 1.807) is 6.07 Å². The lowest BCUT2D eigenvalue weighted by molar-refractivity contribution is -0.122. The standard InChI is InChI=1S/C19H20FNO3/c20-14-8-9-18-16(13-14)17(10-12-24-18)21-19(22)7-4-11-23-15-5-2-1-3-6-15/h1-3,5-6,8-9,13,17H,4,7,10-12H2,(H,21,22). The summed E-state index contributed by atoms with van der Waals surface area (Å²) in [6, 6.07) is 13.7. The van der Waals surface area contributed by atoms with Gasteiger partial charge in [0.1, 0.15) is 17.3 Å². The summed E-state index contributed by atoms with van der Waals surface area (Å²) in [5, 5.41) is 2.96. The van der Waals surface area contributed by atoms with Crippen LogP contribution in [0.2, 0.25) is 0 Å². The maximum absolute atomic E-state index is 13.4. The van der Waals surface area contributed by atoms with Crippen LogP contribution in [0.5, 0.6) is 11.5 Å². The molecule has 5 heteroatoms. The maximum atomic E-state index is 13.4. The van der Waals surface area contributed by atoms with E-state index in [0.717, 1.165) is 5.75 Å². The Morgan fingerprint density at radius 3 is 2.92 bits per heavy atom. The van der Waals surface area contributed by atoms with Crippen molar-refractivity contribution in [3.05, 3.63) is 59.9 Å². The number of nitrogens with one attached hydrogen (secondary N) is 1. The average Bonchev–Trinajstić information content (AvgIpc) is 2.60. The minimum absolute atomic E-state index is 0.0613. The van der Waals surface area contributed by atoms with Gasteiger partial charge in [-0.3, -0.25) is 4.79 Å². The number of halogens is 1. The zero-order valence-electron chi connectivity index (χ0n) is 13.3. The molecule has 0 aromatic heterocycles. The number of para-hydroxylation sites is 1. The summed E-state index contributed by atoms with van der Waals surface area (Å²) in [7, 11) is 0. The molecule has 1 atom stereocenters. The Bertz CT molecular complexity index is 690. The summed E-state index contributed by atoms with van der Waals surface area (Å²) in [5.41, 5.74) is 0.704. The fourth-order valence-corrected chi connectivity index (χ4v) is 2.72. The van der Waals surface area contributed by atoms with Crippen LogP contribution < -0.4 is 14.8 Å². The third-order valence-corrected chi connectivity index (χ3v) is 3.91. The Balaban J connectivity index is 1.47. The molecule has 0 spiro atoms. The first-order valence-corrected chi connectivity index (χ1v) is 8.12. The molecule has 0 aliphatic carbocycles. The lowest BCUT2D eigenvalue weighted by Gasteiger charge is -2.26. The van der Waals surface area contributed by atoms with E-state index >= 15 is 0 Å². The van der Waals surface area contributed by atoms with Gasteiger partial charge in [-0.15, -0.1) is 0 Å². The van der Waals surface area contributed by atoms with Crippen LogP contribution in [-0.4, -0.2) is 19.1 Å². The van der Waals surface area contributed by atoms with Crippen molar-refractivity contribution in [1.82, 2.24) is 5.32 Å². The Labute approximate surface area is 140 Å². The number of hydrogen-bond acceptors (Lipinski definition) is 3. The highest BCUT2D eigenvalue weighted by atomic mass is 19.1. The molecule has 2 aromatic rings. The number of rotatable bonds is 6. The molecular formula is C19H20FNO3. The molecule has 1 aliphatic rings. The van der Waals surface area contributed by atoms with Crippen molar-refractivity contribution in [2.45, 2.75) is 25.3 Å². The molecule has 3 rings (SSSR count). The van der Waals surface area contributed by atoms with Crippen molar-refractivity contribution in [3.8, 4) is 11.5 Å². The van der Waals surface area contributed by atoms with E-state index in [-0.39, 0.29) is 17.8 Å². The number of benzene rings is 2. The molecule has 2 aromatic carbocycles. The minimum atomic E-state index is -0.324. The van der Waals surface area contributed by atoms with Crippen LogP contribution in [0.3, 0.4) is 0 Å². The van der Waals surface area contributed by atoms with Gasteiger partial charge in [-0.2, -0.15) is 0 Å². The molecule has 1 aliphatic heterocycles. The van der Waals surface area contributed by atoms with Crippen LogP contribution in [-0.2, 0) is 4.79 Å². The summed E-state index contributed by atoms with van der Waals surface area (Å²) in [6.45, 7) is 0.997. The summed E-state index contributed by atoms with van der Waals surface area (Å²) in [4.78, 5) is 12.1. The lowest BCUT2D eigenvalue weighted by atomic mass is 10.00. The highest BCUT2D eigenvalue weighted by molar-refractivity contribution is 5.76. The summed E-state index contributed by atoms with van der Waals surface area (Å²) < 4.78 is 24.5. The van der Waals surface area contributed by atoms with Crippen LogP contribution in [0.25, 0.3) is 0 Å². The van der Waals surface area contributed by atoms with Crippen molar-refractivity contribution in [2.75, 3.05) is 13.2 Å². The number of amides is 1. The van der Waals surface area contributed by atoms with Gasteiger partial charge in [0, 0.05) is 18.4 Å². The highest BCUT2D eigenvalue weighted by Gasteiger charge is 2.23. The van der Waals surface area contributed by atoms with E-state index in [9.17, 15) is 9.18 Å². The van der Waals surface area contributed by atoms with Gasteiger partial charge in [0.25, 0.3) is 0 Å². The second-order valence-electron chi connectivity index (χ2n) is 5.70. The van der Waals surface area contributed by atoms with Gasteiger partial charge in [-0.25, -0.2) is 4.39 Å². The van der Waals surface area contributed by atoms with Gasteiger partial charge in [0.15, 0.2) is 0 Å². The fourth-order valence-electron chi connectivity index (χ4n) is 2.72. The van der Waals surface area contributed by atoms with Gasteiger partial charge in [0.2, 0.25) is 5.91 Å². The van der Waals surface area contributed by atoms with Crippen LogP contribution in [0.4, 0.5) is 4.39 Å². The molecule has 1 unspecified atom stereocenters. The Hall–Kier alpha value is -2.56. The molecule has 0 radical (unpaired) electrons. The molecule has 0 fully saturated rings. The Morgan fingerprint density at radius 2 is 2.08 bits per heavy atom. The molecule has 0 saturated heterocycles. The SMILES string of the molecule is O=C(CCCOc1ccccc1)NC1CCOc2ccc(F)cc21. The lowest BCUT2D eigenvalue weighted by Crippen LogP contribution is -2.32. The van der Waals surface area contributed by atoms with Crippen molar-refractivity contribution in [1.29, 1.82) is 0 Å². The van der Waals surface area contributed by atoms with E-state index in [1.165, 1.54) is 12.1 Å². The fraction of sp³-hybridized carbons (Fsp3) is 0.316. The molecule has 0 bridgehead atoms. The molecule has 126 valence electrons. The molecule has 0 saturated carbocycles. The smallest absolute Gasteiger partial charge is 0.220 e. The number of carbonyl (C=O) groups excluding carboxylic acids is 1. The number of carbonyl (C=O) groups is 1. The number of hydrogen-bond donors (Lipinski definition) is 1. The summed E-state index contributed by atoms with van der Waals surface area (Å²) in [6.07, 6.45) is 1.64. The third kappa shape index (κ3) is 4.25. The van der Waals surface area contributed by atoms with E-state index in [0.29, 0.717) is 43.8 Å². The zero-order chi connectivity index (χ0) is 16.8. The second-order valence-corrected chi connectivity index (χ2v) is 5.70. The Kier molecular flexibility index (Phi) is 5.31. The van der Waals surface area contributed by atoms with Crippen molar-refractivity contribution < 1.29 is 18.7 Å². The van der Waals surface area contributed by atoms with Crippen LogP contribution in [0.1, 0.15) is 30.9 Å². The normalized spacial score (nSPS) is 16.0. The van der Waals surface area contributed by atoms with E-state index in [1.807, 2.05) is 30.3 Å². The van der Waals surface area contributed by atoms with Crippen molar-refractivity contribution in [2.24, 2.45) is 0 Å². The third-order valence-electron chi connectivity index (χ3n) is 3.91. The van der Waals surface area contributed by atoms with E-state index in [4.69, 9.17) is 9.47 Å². The summed E-state index contributed by atoms with van der Waals surface area (Å²) >= 11 is 0. The van der Waals surface area contributed by atoms with E-state index in [2.05, 4.69) is 5.32 Å². The highest BCUT2D eigenvalue weighted by Crippen LogP contribution is 2.32. The monoisotopic (exact) mass is 329 g/mol. The van der Waals surface area contributed by atoms with Crippen LogP contribution in [0.15, 0.2) is 48.5 Å².